The third-order valence-electron chi connectivity index (χ3n) is 1.92. The molecule has 0 aliphatic carbocycles. The standard InChI is InChI=1S/C13H20N2O2S/c1-8(2)6-9(10-7-18-12(14)15-10)11(16)17-13(3,4)5/h6-8H,1-5H3,(H2,14,15)/b9-6-. The first-order chi connectivity index (χ1) is 8.19. The first kappa shape index (κ1) is 14.7. The van der Waals surface area contributed by atoms with Gasteiger partial charge in [0, 0.05) is 5.38 Å². The van der Waals surface area contributed by atoms with Crippen molar-refractivity contribution < 1.29 is 9.53 Å². The number of carbonyl (C=O) groups is 1. The van der Waals surface area contributed by atoms with E-state index in [1.807, 2.05) is 40.7 Å². The maximum atomic E-state index is 12.1. The second-order valence-corrected chi connectivity index (χ2v) is 6.29. The third-order valence-corrected chi connectivity index (χ3v) is 2.59. The van der Waals surface area contributed by atoms with Gasteiger partial charge in [0.15, 0.2) is 5.13 Å². The summed E-state index contributed by atoms with van der Waals surface area (Å²) < 4.78 is 5.38. The van der Waals surface area contributed by atoms with Gasteiger partial charge in [0.1, 0.15) is 5.60 Å². The van der Waals surface area contributed by atoms with E-state index < -0.39 is 5.60 Å². The van der Waals surface area contributed by atoms with Crippen LogP contribution in [0.3, 0.4) is 0 Å². The second-order valence-electron chi connectivity index (χ2n) is 5.40. The van der Waals surface area contributed by atoms with Crippen LogP contribution in [-0.2, 0) is 9.53 Å². The highest BCUT2D eigenvalue weighted by molar-refractivity contribution is 7.13. The molecule has 2 N–H and O–H groups in total. The molecule has 5 heteroatoms. The van der Waals surface area contributed by atoms with Gasteiger partial charge in [-0.05, 0) is 26.7 Å². The second kappa shape index (κ2) is 5.52. The minimum atomic E-state index is -0.519. The summed E-state index contributed by atoms with van der Waals surface area (Å²) in [5.41, 5.74) is 6.15. The number of nitrogens with zero attached hydrogens (tertiary/aromatic N) is 1. The van der Waals surface area contributed by atoms with Crippen molar-refractivity contribution in [2.45, 2.75) is 40.2 Å². The van der Waals surface area contributed by atoms with Gasteiger partial charge in [-0.3, -0.25) is 0 Å². The Bertz CT molecular complexity index is 456. The van der Waals surface area contributed by atoms with E-state index in [9.17, 15) is 4.79 Å². The highest BCUT2D eigenvalue weighted by Gasteiger charge is 2.22. The van der Waals surface area contributed by atoms with Crippen LogP contribution in [0.25, 0.3) is 5.57 Å². The van der Waals surface area contributed by atoms with Crippen molar-refractivity contribution in [2.75, 3.05) is 5.73 Å². The van der Waals surface area contributed by atoms with Gasteiger partial charge >= 0.3 is 5.97 Å². The van der Waals surface area contributed by atoms with E-state index in [4.69, 9.17) is 10.5 Å². The molecule has 0 bridgehead atoms. The van der Waals surface area contributed by atoms with Crippen LogP contribution < -0.4 is 5.73 Å². The van der Waals surface area contributed by atoms with E-state index in [0.717, 1.165) is 0 Å². The lowest BCUT2D eigenvalue weighted by Crippen LogP contribution is -2.24. The molecule has 0 aliphatic heterocycles. The molecule has 18 heavy (non-hydrogen) atoms. The summed E-state index contributed by atoms with van der Waals surface area (Å²) in [6, 6.07) is 0. The molecule has 0 aromatic carbocycles. The third kappa shape index (κ3) is 4.49. The van der Waals surface area contributed by atoms with Crippen LogP contribution in [-0.4, -0.2) is 16.6 Å². The van der Waals surface area contributed by atoms with Crippen molar-refractivity contribution >= 4 is 28.0 Å². The van der Waals surface area contributed by atoms with E-state index in [1.54, 1.807) is 5.38 Å². The van der Waals surface area contributed by atoms with Crippen molar-refractivity contribution in [3.05, 3.63) is 17.2 Å². The van der Waals surface area contributed by atoms with E-state index in [2.05, 4.69) is 4.98 Å². The maximum absolute atomic E-state index is 12.1. The molecule has 0 radical (unpaired) electrons. The zero-order valence-corrected chi connectivity index (χ0v) is 12.3. The summed E-state index contributed by atoms with van der Waals surface area (Å²) in [6.45, 7) is 9.52. The van der Waals surface area contributed by atoms with Crippen LogP contribution in [0, 0.1) is 5.92 Å². The fraction of sp³-hybridized carbons (Fsp3) is 0.538. The Hall–Kier alpha value is -1.36. The molecule has 1 aromatic rings. The van der Waals surface area contributed by atoms with Gasteiger partial charge in [-0.1, -0.05) is 19.9 Å². The predicted molar refractivity (Wildman–Crippen MR) is 75.2 cm³/mol. The number of allylic oxidation sites excluding steroid dienone is 1. The number of nitrogen functional groups attached to an aromatic ring is 1. The Labute approximate surface area is 112 Å². The molecular weight excluding hydrogens is 248 g/mol. The SMILES string of the molecule is CC(C)/C=C(\C(=O)OC(C)(C)C)c1csc(N)n1. The summed E-state index contributed by atoms with van der Waals surface area (Å²) in [4.78, 5) is 16.3. The lowest BCUT2D eigenvalue weighted by atomic mass is 10.1. The molecule has 0 unspecified atom stereocenters. The predicted octanol–water partition coefficient (Wildman–Crippen LogP) is 3.11. The number of anilines is 1. The van der Waals surface area contributed by atoms with Crippen molar-refractivity contribution in [1.29, 1.82) is 0 Å². The summed E-state index contributed by atoms with van der Waals surface area (Å²) in [7, 11) is 0. The fourth-order valence-electron chi connectivity index (χ4n) is 1.34. The van der Waals surface area contributed by atoms with Gasteiger partial charge in [-0.2, -0.15) is 0 Å². The highest BCUT2D eigenvalue weighted by Crippen LogP contribution is 2.24. The number of nitrogens with two attached hydrogens (primary N) is 1. The van der Waals surface area contributed by atoms with Gasteiger partial charge in [-0.15, -0.1) is 11.3 Å². The Balaban J connectivity index is 3.04. The summed E-state index contributed by atoms with van der Waals surface area (Å²) >= 11 is 1.31. The zero-order valence-electron chi connectivity index (χ0n) is 11.5. The normalized spacial score (nSPS) is 12.9. The largest absolute Gasteiger partial charge is 0.456 e. The highest BCUT2D eigenvalue weighted by atomic mass is 32.1. The average molecular weight is 268 g/mol. The van der Waals surface area contributed by atoms with Crippen LogP contribution in [0.15, 0.2) is 11.5 Å². The van der Waals surface area contributed by atoms with Crippen LogP contribution >= 0.6 is 11.3 Å². The molecule has 0 amide bonds. The van der Waals surface area contributed by atoms with Crippen molar-refractivity contribution in [1.82, 2.24) is 4.98 Å². The van der Waals surface area contributed by atoms with Crippen LogP contribution in [0.5, 0.6) is 0 Å². The van der Waals surface area contributed by atoms with Gasteiger partial charge in [-0.25, -0.2) is 9.78 Å². The molecule has 100 valence electrons. The number of carbonyl (C=O) groups excluding carboxylic acids is 1. The Morgan fingerprint density at radius 2 is 2.11 bits per heavy atom. The van der Waals surface area contributed by atoms with E-state index >= 15 is 0 Å². The molecular formula is C13H20N2O2S. The lowest BCUT2D eigenvalue weighted by Gasteiger charge is -2.20. The summed E-state index contributed by atoms with van der Waals surface area (Å²) in [5, 5.41) is 2.22. The van der Waals surface area contributed by atoms with Crippen LogP contribution in [0.1, 0.15) is 40.3 Å². The number of hydrogen-bond acceptors (Lipinski definition) is 5. The molecule has 0 aliphatic rings. The fourth-order valence-corrected chi connectivity index (χ4v) is 1.90. The topological polar surface area (TPSA) is 65.2 Å². The van der Waals surface area contributed by atoms with Crippen molar-refractivity contribution in [3.8, 4) is 0 Å². The van der Waals surface area contributed by atoms with Gasteiger partial charge in [0.05, 0.1) is 11.3 Å². The molecule has 1 rings (SSSR count). The van der Waals surface area contributed by atoms with Gasteiger partial charge in [0.2, 0.25) is 0 Å². The Morgan fingerprint density at radius 3 is 2.50 bits per heavy atom. The number of aromatic nitrogens is 1. The van der Waals surface area contributed by atoms with E-state index in [0.29, 0.717) is 16.4 Å². The van der Waals surface area contributed by atoms with Gasteiger partial charge < -0.3 is 10.5 Å². The number of esters is 1. The smallest absolute Gasteiger partial charge is 0.340 e. The molecule has 0 saturated carbocycles. The van der Waals surface area contributed by atoms with E-state index in [-0.39, 0.29) is 11.9 Å². The maximum Gasteiger partial charge on any atom is 0.340 e. The number of rotatable bonds is 3. The minimum absolute atomic E-state index is 0.232. The van der Waals surface area contributed by atoms with Crippen molar-refractivity contribution in [3.63, 3.8) is 0 Å². The summed E-state index contributed by atoms with van der Waals surface area (Å²) in [5.74, 6) is -0.128. The molecule has 1 aromatic heterocycles. The molecule has 0 saturated heterocycles. The number of thiazole rings is 1. The molecule has 0 atom stereocenters. The number of hydrogen-bond donors (Lipinski definition) is 1. The minimum Gasteiger partial charge on any atom is -0.456 e. The van der Waals surface area contributed by atoms with Crippen LogP contribution in [0.4, 0.5) is 5.13 Å². The van der Waals surface area contributed by atoms with E-state index in [1.165, 1.54) is 11.3 Å². The zero-order chi connectivity index (χ0) is 13.9. The Kier molecular flexibility index (Phi) is 4.51. The monoisotopic (exact) mass is 268 g/mol. The lowest BCUT2D eigenvalue weighted by molar-refractivity contribution is -0.147. The molecule has 0 fully saturated rings. The van der Waals surface area contributed by atoms with Gasteiger partial charge in [0.25, 0.3) is 0 Å². The van der Waals surface area contributed by atoms with Crippen LogP contribution in [0.2, 0.25) is 0 Å². The molecule has 0 spiro atoms. The van der Waals surface area contributed by atoms with Crippen molar-refractivity contribution in [2.24, 2.45) is 5.92 Å². The number of ether oxygens (including phenoxy) is 1. The molecule has 1 heterocycles. The first-order valence-corrected chi connectivity index (χ1v) is 6.73. The average Bonchev–Trinajstić information content (AvgIpc) is 2.57. The quantitative estimate of drug-likeness (QED) is 0.675. The molecule has 4 nitrogen and oxygen atoms in total. The summed E-state index contributed by atoms with van der Waals surface area (Å²) in [6.07, 6.45) is 1.85. The first-order valence-electron chi connectivity index (χ1n) is 5.85. The Morgan fingerprint density at radius 1 is 1.50 bits per heavy atom.